The molecule has 1 N–H and O–H groups in total. The molecule has 66 valence electrons. The van der Waals surface area contributed by atoms with Crippen LogP contribution in [0.1, 0.15) is 27.7 Å². The van der Waals surface area contributed by atoms with Gasteiger partial charge in [-0.2, -0.15) is 0 Å². The van der Waals surface area contributed by atoms with Gasteiger partial charge in [-0.15, -0.1) is 0 Å². The third-order valence-electron chi connectivity index (χ3n) is 1.43. The molecule has 0 rings (SSSR count). The van der Waals surface area contributed by atoms with E-state index in [4.69, 9.17) is 9.94 Å². The van der Waals surface area contributed by atoms with Crippen molar-refractivity contribution in [2.45, 2.75) is 27.7 Å². The fraction of sp³-hybridized carbons (Fsp3) is 0.875. The number of oxime groups is 1. The quantitative estimate of drug-likeness (QED) is 0.388. The van der Waals surface area contributed by atoms with Gasteiger partial charge in [0.2, 0.25) is 0 Å². The predicted octanol–water partition coefficient (Wildman–Crippen LogP) is 1.90. The van der Waals surface area contributed by atoms with E-state index in [1.807, 2.05) is 27.7 Å². The van der Waals surface area contributed by atoms with Crippen molar-refractivity contribution in [3.8, 4) is 0 Å². The van der Waals surface area contributed by atoms with Crippen molar-refractivity contribution in [3.63, 3.8) is 0 Å². The predicted molar refractivity (Wildman–Crippen MR) is 45.2 cm³/mol. The van der Waals surface area contributed by atoms with Crippen LogP contribution in [0.5, 0.6) is 0 Å². The lowest BCUT2D eigenvalue weighted by Gasteiger charge is -2.19. The van der Waals surface area contributed by atoms with Crippen molar-refractivity contribution >= 4 is 5.71 Å². The zero-order valence-corrected chi connectivity index (χ0v) is 7.72. The summed E-state index contributed by atoms with van der Waals surface area (Å²) in [5.74, 6) is 0. The van der Waals surface area contributed by atoms with Crippen molar-refractivity contribution in [1.82, 2.24) is 0 Å². The Labute approximate surface area is 68.1 Å². The molecule has 0 heterocycles. The molecule has 0 spiro atoms. The van der Waals surface area contributed by atoms with Crippen molar-refractivity contribution in [1.29, 1.82) is 0 Å². The van der Waals surface area contributed by atoms with Crippen molar-refractivity contribution < 1.29 is 9.94 Å². The molecule has 0 aliphatic carbocycles. The number of hydrogen-bond acceptors (Lipinski definition) is 3. The Balaban J connectivity index is 3.99. The molecule has 11 heavy (non-hydrogen) atoms. The lowest BCUT2D eigenvalue weighted by Crippen LogP contribution is -2.25. The highest BCUT2D eigenvalue weighted by atomic mass is 16.5. The minimum Gasteiger partial charge on any atom is -0.411 e. The molecule has 3 heteroatoms. The average molecular weight is 159 g/mol. The number of rotatable bonds is 3. The number of hydrogen-bond donors (Lipinski definition) is 1. The molecule has 0 aliphatic heterocycles. The highest BCUT2D eigenvalue weighted by Gasteiger charge is 2.19. The Morgan fingerprint density at radius 2 is 2.00 bits per heavy atom. The van der Waals surface area contributed by atoms with Crippen molar-refractivity contribution in [2.75, 3.05) is 13.2 Å². The van der Waals surface area contributed by atoms with Crippen LogP contribution in [0, 0.1) is 5.41 Å². The highest BCUT2D eigenvalue weighted by Crippen LogP contribution is 2.15. The van der Waals surface area contributed by atoms with E-state index in [1.165, 1.54) is 0 Å². The van der Waals surface area contributed by atoms with Crippen LogP contribution in [-0.4, -0.2) is 24.1 Å². The molecule has 0 bridgehead atoms. The summed E-state index contributed by atoms with van der Waals surface area (Å²) >= 11 is 0. The fourth-order valence-corrected chi connectivity index (χ4v) is 0.594. The van der Waals surface area contributed by atoms with E-state index in [0.717, 1.165) is 0 Å². The van der Waals surface area contributed by atoms with Gasteiger partial charge in [0.05, 0.1) is 12.3 Å². The summed E-state index contributed by atoms with van der Waals surface area (Å²) in [6.07, 6.45) is 0. The Kier molecular flexibility index (Phi) is 4.11. The molecule has 0 aromatic carbocycles. The molecule has 0 fully saturated rings. The number of ether oxygens (including phenoxy) is 1. The van der Waals surface area contributed by atoms with E-state index >= 15 is 0 Å². The van der Waals surface area contributed by atoms with Gasteiger partial charge in [-0.3, -0.25) is 0 Å². The molecular formula is C8H17NO2. The van der Waals surface area contributed by atoms with Crippen molar-refractivity contribution in [3.05, 3.63) is 0 Å². The first-order valence-electron chi connectivity index (χ1n) is 3.81. The van der Waals surface area contributed by atoms with E-state index < -0.39 is 0 Å². The van der Waals surface area contributed by atoms with Gasteiger partial charge in [0, 0.05) is 12.0 Å². The molecule has 0 amide bonds. The molecule has 3 nitrogen and oxygen atoms in total. The zero-order valence-electron chi connectivity index (χ0n) is 7.72. The summed E-state index contributed by atoms with van der Waals surface area (Å²) in [6.45, 7) is 8.94. The van der Waals surface area contributed by atoms with E-state index in [1.54, 1.807) is 0 Å². The summed E-state index contributed by atoms with van der Waals surface area (Å²) in [6, 6.07) is 0. The third-order valence-corrected chi connectivity index (χ3v) is 1.43. The maximum atomic E-state index is 8.60. The van der Waals surface area contributed by atoms with E-state index in [0.29, 0.717) is 18.9 Å². The fourth-order valence-electron chi connectivity index (χ4n) is 0.594. The first kappa shape index (κ1) is 10.4. The van der Waals surface area contributed by atoms with Gasteiger partial charge in [-0.25, -0.2) is 0 Å². The third kappa shape index (κ3) is 3.98. The van der Waals surface area contributed by atoms with Crippen LogP contribution in [0.25, 0.3) is 0 Å². The van der Waals surface area contributed by atoms with Crippen LogP contribution in [0.15, 0.2) is 5.16 Å². The first-order valence-corrected chi connectivity index (χ1v) is 3.81. The molecule has 0 aliphatic rings. The molecule has 0 aromatic heterocycles. The van der Waals surface area contributed by atoms with Crippen LogP contribution in [0.4, 0.5) is 0 Å². The minimum atomic E-state index is -0.107. The SMILES string of the molecule is CCOC/C(=N/O)C(C)(C)C. The van der Waals surface area contributed by atoms with Crippen LogP contribution in [0.2, 0.25) is 0 Å². The Bertz CT molecular complexity index is 136. The summed E-state index contributed by atoms with van der Waals surface area (Å²) in [5, 5.41) is 11.8. The second kappa shape index (κ2) is 4.34. The van der Waals surface area contributed by atoms with Crippen LogP contribution in [0.3, 0.4) is 0 Å². The van der Waals surface area contributed by atoms with E-state index in [9.17, 15) is 0 Å². The summed E-state index contributed by atoms with van der Waals surface area (Å²) in [5.41, 5.74) is 0.573. The molecular weight excluding hydrogens is 142 g/mol. The second-order valence-electron chi connectivity index (χ2n) is 3.43. The van der Waals surface area contributed by atoms with Gasteiger partial charge in [0.1, 0.15) is 0 Å². The molecule has 0 aromatic rings. The average Bonchev–Trinajstić information content (AvgIpc) is 1.87. The maximum Gasteiger partial charge on any atom is 0.0887 e. The number of nitrogens with zero attached hydrogens (tertiary/aromatic N) is 1. The normalized spacial score (nSPS) is 13.6. The Morgan fingerprint density at radius 1 is 1.45 bits per heavy atom. The molecule has 0 saturated carbocycles. The Morgan fingerprint density at radius 3 is 2.27 bits per heavy atom. The van der Waals surface area contributed by atoms with Crippen molar-refractivity contribution in [2.24, 2.45) is 10.6 Å². The molecule has 0 saturated heterocycles. The largest absolute Gasteiger partial charge is 0.411 e. The van der Waals surface area contributed by atoms with E-state index in [2.05, 4.69) is 5.16 Å². The highest BCUT2D eigenvalue weighted by molar-refractivity contribution is 5.89. The topological polar surface area (TPSA) is 41.8 Å². The van der Waals surface area contributed by atoms with Gasteiger partial charge >= 0.3 is 0 Å². The first-order chi connectivity index (χ1) is 5.02. The lowest BCUT2D eigenvalue weighted by atomic mass is 9.90. The zero-order chi connectivity index (χ0) is 8.91. The summed E-state index contributed by atoms with van der Waals surface area (Å²) < 4.78 is 5.12. The molecule has 0 atom stereocenters. The van der Waals surface area contributed by atoms with Gasteiger partial charge < -0.3 is 9.94 Å². The smallest absolute Gasteiger partial charge is 0.0887 e. The van der Waals surface area contributed by atoms with E-state index in [-0.39, 0.29) is 5.41 Å². The van der Waals surface area contributed by atoms with Crippen LogP contribution < -0.4 is 0 Å². The van der Waals surface area contributed by atoms with Crippen LogP contribution >= 0.6 is 0 Å². The van der Waals surface area contributed by atoms with Gasteiger partial charge in [-0.05, 0) is 6.92 Å². The second-order valence-corrected chi connectivity index (χ2v) is 3.43. The van der Waals surface area contributed by atoms with Crippen LogP contribution in [-0.2, 0) is 4.74 Å². The van der Waals surface area contributed by atoms with Gasteiger partial charge in [-0.1, -0.05) is 25.9 Å². The molecule has 0 radical (unpaired) electrons. The van der Waals surface area contributed by atoms with Gasteiger partial charge in [0.25, 0.3) is 0 Å². The lowest BCUT2D eigenvalue weighted by molar-refractivity contribution is 0.176. The summed E-state index contributed by atoms with van der Waals surface area (Å²) in [4.78, 5) is 0. The summed E-state index contributed by atoms with van der Waals surface area (Å²) in [7, 11) is 0. The maximum absolute atomic E-state index is 8.60. The molecule has 0 unspecified atom stereocenters. The minimum absolute atomic E-state index is 0.107. The Hall–Kier alpha value is -0.570. The monoisotopic (exact) mass is 159 g/mol. The standard InChI is InChI=1S/C8H17NO2/c1-5-11-6-7(9-10)8(2,3)4/h10H,5-6H2,1-4H3/b9-7-. The van der Waals surface area contributed by atoms with Gasteiger partial charge in [0.15, 0.2) is 0 Å².